The Morgan fingerprint density at radius 3 is 2.59 bits per heavy atom. The molecule has 0 aliphatic carbocycles. The predicted molar refractivity (Wildman–Crippen MR) is 108 cm³/mol. The molecule has 1 aliphatic rings. The first-order valence-corrected chi connectivity index (χ1v) is 9.74. The van der Waals surface area contributed by atoms with Crippen molar-refractivity contribution in [2.24, 2.45) is 0 Å². The molecular formula is C21H24N6O2. The average molecular weight is 392 g/mol. The van der Waals surface area contributed by atoms with Crippen molar-refractivity contribution in [1.82, 2.24) is 30.0 Å². The zero-order valence-electron chi connectivity index (χ0n) is 16.4. The molecule has 2 heterocycles. The molecule has 0 bridgehead atoms. The minimum Gasteiger partial charge on any atom is -0.481 e. The standard InChI is InChI=1S/C21H24N6O2/c1-17(29-20-9-5-8-19(14-20)27-16-22-23-24-27)21(28)26-12-10-25(11-13-26)15-18-6-3-2-4-7-18/h2-9,14,16-17H,10-13,15H2,1H3/t17-/m0/s1. The van der Waals surface area contributed by atoms with E-state index in [1.54, 1.807) is 11.6 Å². The fourth-order valence-electron chi connectivity index (χ4n) is 3.46. The summed E-state index contributed by atoms with van der Waals surface area (Å²) in [6.07, 6.45) is 0.961. The molecule has 0 saturated carbocycles. The van der Waals surface area contributed by atoms with E-state index in [0.29, 0.717) is 18.8 Å². The molecule has 1 aromatic heterocycles. The second kappa shape index (κ2) is 8.83. The molecule has 1 aliphatic heterocycles. The number of carbonyl (C=O) groups excluding carboxylic acids is 1. The van der Waals surface area contributed by atoms with Crippen LogP contribution in [0.5, 0.6) is 5.75 Å². The highest BCUT2D eigenvalue weighted by molar-refractivity contribution is 5.81. The Balaban J connectivity index is 1.30. The highest BCUT2D eigenvalue weighted by Gasteiger charge is 2.26. The van der Waals surface area contributed by atoms with Gasteiger partial charge in [0.1, 0.15) is 12.1 Å². The lowest BCUT2D eigenvalue weighted by molar-refractivity contribution is -0.139. The van der Waals surface area contributed by atoms with Crippen LogP contribution in [-0.4, -0.2) is 68.2 Å². The number of hydrogen-bond acceptors (Lipinski definition) is 6. The van der Waals surface area contributed by atoms with Gasteiger partial charge in [-0.3, -0.25) is 9.69 Å². The van der Waals surface area contributed by atoms with Crippen molar-refractivity contribution in [3.05, 3.63) is 66.5 Å². The smallest absolute Gasteiger partial charge is 0.263 e. The first kappa shape index (κ1) is 19.1. The van der Waals surface area contributed by atoms with Crippen LogP contribution in [0.2, 0.25) is 0 Å². The predicted octanol–water partition coefficient (Wildman–Crippen LogP) is 1.77. The summed E-state index contributed by atoms with van der Waals surface area (Å²) in [6, 6.07) is 17.8. The van der Waals surface area contributed by atoms with Crippen molar-refractivity contribution < 1.29 is 9.53 Å². The van der Waals surface area contributed by atoms with Crippen molar-refractivity contribution in [3.63, 3.8) is 0 Å². The van der Waals surface area contributed by atoms with E-state index in [0.717, 1.165) is 25.3 Å². The van der Waals surface area contributed by atoms with Crippen LogP contribution in [0.25, 0.3) is 5.69 Å². The van der Waals surface area contributed by atoms with E-state index in [1.807, 2.05) is 35.2 Å². The lowest BCUT2D eigenvalue weighted by atomic mass is 10.2. The molecule has 8 heteroatoms. The van der Waals surface area contributed by atoms with Gasteiger partial charge in [0.15, 0.2) is 6.10 Å². The first-order chi connectivity index (χ1) is 14.2. The van der Waals surface area contributed by atoms with Gasteiger partial charge < -0.3 is 9.64 Å². The second-order valence-corrected chi connectivity index (χ2v) is 7.10. The minimum absolute atomic E-state index is 0.0113. The summed E-state index contributed by atoms with van der Waals surface area (Å²) in [6.45, 7) is 5.86. The Morgan fingerprint density at radius 1 is 1.07 bits per heavy atom. The number of nitrogens with zero attached hydrogens (tertiary/aromatic N) is 6. The lowest BCUT2D eigenvalue weighted by Crippen LogP contribution is -2.51. The largest absolute Gasteiger partial charge is 0.481 e. The number of amides is 1. The van der Waals surface area contributed by atoms with Gasteiger partial charge in [0.05, 0.1) is 5.69 Å². The van der Waals surface area contributed by atoms with Crippen molar-refractivity contribution in [2.75, 3.05) is 26.2 Å². The Bertz CT molecular complexity index is 923. The van der Waals surface area contributed by atoms with E-state index >= 15 is 0 Å². The maximum Gasteiger partial charge on any atom is 0.263 e. The number of tetrazole rings is 1. The maximum absolute atomic E-state index is 12.8. The zero-order chi connectivity index (χ0) is 20.1. The third-order valence-corrected chi connectivity index (χ3v) is 5.02. The Labute approximate surface area is 169 Å². The van der Waals surface area contributed by atoms with E-state index in [4.69, 9.17) is 4.74 Å². The molecule has 3 aromatic rings. The SMILES string of the molecule is C[C@H](Oc1cccc(-n2cnnn2)c1)C(=O)N1CCN(Cc2ccccc2)CC1. The number of piperazine rings is 1. The fourth-order valence-corrected chi connectivity index (χ4v) is 3.46. The summed E-state index contributed by atoms with van der Waals surface area (Å²) >= 11 is 0. The molecule has 0 unspecified atom stereocenters. The first-order valence-electron chi connectivity index (χ1n) is 9.74. The van der Waals surface area contributed by atoms with E-state index in [2.05, 4.69) is 44.7 Å². The summed E-state index contributed by atoms with van der Waals surface area (Å²) in [5.41, 5.74) is 2.08. The van der Waals surface area contributed by atoms with Crippen LogP contribution in [0.4, 0.5) is 0 Å². The third-order valence-electron chi connectivity index (χ3n) is 5.02. The molecule has 4 rings (SSSR count). The number of carbonyl (C=O) groups is 1. The van der Waals surface area contributed by atoms with Crippen molar-refractivity contribution in [1.29, 1.82) is 0 Å². The molecule has 1 atom stereocenters. The number of benzene rings is 2. The van der Waals surface area contributed by atoms with Gasteiger partial charge >= 0.3 is 0 Å². The molecular weight excluding hydrogens is 368 g/mol. The highest BCUT2D eigenvalue weighted by atomic mass is 16.5. The Morgan fingerprint density at radius 2 is 1.86 bits per heavy atom. The van der Waals surface area contributed by atoms with Crippen LogP contribution < -0.4 is 4.74 Å². The number of rotatable bonds is 6. The molecule has 0 radical (unpaired) electrons. The Kier molecular flexibility index (Phi) is 5.81. The van der Waals surface area contributed by atoms with Crippen LogP contribution >= 0.6 is 0 Å². The molecule has 1 fully saturated rings. The molecule has 2 aromatic carbocycles. The minimum atomic E-state index is -0.556. The van der Waals surface area contributed by atoms with Gasteiger partial charge in [0.25, 0.3) is 5.91 Å². The maximum atomic E-state index is 12.8. The van der Waals surface area contributed by atoms with Gasteiger partial charge in [-0.2, -0.15) is 0 Å². The van der Waals surface area contributed by atoms with Crippen molar-refractivity contribution >= 4 is 5.91 Å². The Hall–Kier alpha value is -3.26. The summed E-state index contributed by atoms with van der Waals surface area (Å²) in [5, 5.41) is 11.1. The normalized spacial score (nSPS) is 15.8. The van der Waals surface area contributed by atoms with Crippen molar-refractivity contribution in [3.8, 4) is 11.4 Å². The molecule has 29 heavy (non-hydrogen) atoms. The average Bonchev–Trinajstić information content (AvgIpc) is 3.30. The van der Waals surface area contributed by atoms with Crippen molar-refractivity contribution in [2.45, 2.75) is 19.6 Å². The van der Waals surface area contributed by atoms with Crippen LogP contribution in [0, 0.1) is 0 Å². The van der Waals surface area contributed by atoms with Crippen LogP contribution in [0.3, 0.4) is 0 Å². The highest BCUT2D eigenvalue weighted by Crippen LogP contribution is 2.18. The van der Waals surface area contributed by atoms with Gasteiger partial charge in [-0.1, -0.05) is 36.4 Å². The number of aromatic nitrogens is 4. The monoisotopic (exact) mass is 392 g/mol. The molecule has 1 amide bonds. The number of ether oxygens (including phenoxy) is 1. The molecule has 1 saturated heterocycles. The van der Waals surface area contributed by atoms with Gasteiger partial charge in [-0.25, -0.2) is 4.68 Å². The summed E-state index contributed by atoms with van der Waals surface area (Å²) < 4.78 is 7.45. The van der Waals surface area contributed by atoms with E-state index < -0.39 is 6.10 Å². The van der Waals surface area contributed by atoms with Crippen LogP contribution in [0.15, 0.2) is 60.9 Å². The lowest BCUT2D eigenvalue weighted by Gasteiger charge is -2.35. The van der Waals surface area contributed by atoms with Crippen LogP contribution in [-0.2, 0) is 11.3 Å². The number of hydrogen-bond donors (Lipinski definition) is 0. The second-order valence-electron chi connectivity index (χ2n) is 7.10. The molecule has 0 N–H and O–H groups in total. The zero-order valence-corrected chi connectivity index (χ0v) is 16.4. The van der Waals surface area contributed by atoms with Gasteiger partial charge in [0, 0.05) is 38.8 Å². The van der Waals surface area contributed by atoms with E-state index in [1.165, 1.54) is 11.9 Å². The summed E-state index contributed by atoms with van der Waals surface area (Å²) in [5.74, 6) is 0.624. The van der Waals surface area contributed by atoms with Gasteiger partial charge in [-0.05, 0) is 35.0 Å². The molecule has 0 spiro atoms. The summed E-state index contributed by atoms with van der Waals surface area (Å²) in [4.78, 5) is 17.1. The summed E-state index contributed by atoms with van der Waals surface area (Å²) in [7, 11) is 0. The van der Waals surface area contributed by atoms with E-state index in [-0.39, 0.29) is 5.91 Å². The van der Waals surface area contributed by atoms with Gasteiger partial charge in [0.2, 0.25) is 0 Å². The third kappa shape index (κ3) is 4.78. The fraction of sp³-hybridized carbons (Fsp3) is 0.333. The molecule has 150 valence electrons. The van der Waals surface area contributed by atoms with E-state index in [9.17, 15) is 4.79 Å². The van der Waals surface area contributed by atoms with Crippen LogP contribution in [0.1, 0.15) is 12.5 Å². The topological polar surface area (TPSA) is 76.4 Å². The molecule has 8 nitrogen and oxygen atoms in total. The van der Waals surface area contributed by atoms with Gasteiger partial charge in [-0.15, -0.1) is 5.10 Å². The quantitative estimate of drug-likeness (QED) is 0.636.